The van der Waals surface area contributed by atoms with Gasteiger partial charge in [-0.1, -0.05) is 12.1 Å². The van der Waals surface area contributed by atoms with Crippen molar-refractivity contribution in [3.05, 3.63) is 41.0 Å². The minimum atomic E-state index is -1.38. The number of carbonyl (C=O) groups is 3. The molecule has 2 amide bonds. The molecular formula is C24H28N2O6. The normalized spacial score (nSPS) is 19.1. The molecule has 2 saturated heterocycles. The first kappa shape index (κ1) is 21.9. The van der Waals surface area contributed by atoms with E-state index < -0.39 is 23.4 Å². The lowest BCUT2D eigenvalue weighted by Gasteiger charge is -2.29. The van der Waals surface area contributed by atoms with Gasteiger partial charge in [-0.2, -0.15) is 0 Å². The quantitative estimate of drug-likeness (QED) is 0.327. The number of hydrogen-bond acceptors (Lipinski definition) is 5. The predicted octanol–water partition coefficient (Wildman–Crippen LogP) is 2.83. The van der Waals surface area contributed by atoms with E-state index in [2.05, 4.69) is 0 Å². The Morgan fingerprint density at radius 2 is 1.41 bits per heavy atom. The summed E-state index contributed by atoms with van der Waals surface area (Å²) in [5.74, 6) is -1.16. The smallest absolute Gasteiger partial charge is 0.342 e. The summed E-state index contributed by atoms with van der Waals surface area (Å²) in [6.07, 6.45) is 8.56. The van der Waals surface area contributed by atoms with Crippen LogP contribution in [0.2, 0.25) is 0 Å². The molecule has 0 unspecified atom stereocenters. The number of carbonyl (C=O) groups excluding carboxylic acids is 2. The highest BCUT2D eigenvalue weighted by Crippen LogP contribution is 2.33. The van der Waals surface area contributed by atoms with Gasteiger partial charge in [0.2, 0.25) is 6.79 Å². The van der Waals surface area contributed by atoms with E-state index in [9.17, 15) is 19.5 Å². The molecule has 2 fully saturated rings. The van der Waals surface area contributed by atoms with Crippen LogP contribution < -0.4 is 9.47 Å². The molecular weight excluding hydrogens is 412 g/mol. The van der Waals surface area contributed by atoms with Crippen molar-refractivity contribution in [1.29, 1.82) is 0 Å². The first-order valence-corrected chi connectivity index (χ1v) is 11.2. The van der Waals surface area contributed by atoms with E-state index in [0.29, 0.717) is 43.2 Å². The van der Waals surface area contributed by atoms with Crippen LogP contribution in [0.3, 0.4) is 0 Å². The third kappa shape index (κ3) is 4.79. The number of carboxylic acids is 1. The molecule has 0 radical (unpaired) electrons. The van der Waals surface area contributed by atoms with E-state index in [4.69, 9.17) is 9.47 Å². The van der Waals surface area contributed by atoms with Gasteiger partial charge in [-0.15, -0.1) is 0 Å². The SMILES string of the molecule is O=C(O)/C(C(=O)N1CCCCC1)=C(/C=Cc1ccc2c(c1)OCO2)C(=O)N1CCCCC1. The molecule has 4 rings (SSSR count). The zero-order valence-electron chi connectivity index (χ0n) is 18.0. The molecule has 1 aromatic rings. The minimum Gasteiger partial charge on any atom is -0.477 e. The Balaban J connectivity index is 1.71. The highest BCUT2D eigenvalue weighted by atomic mass is 16.7. The van der Waals surface area contributed by atoms with Crippen molar-refractivity contribution >= 4 is 23.9 Å². The number of nitrogens with zero attached hydrogens (tertiary/aromatic N) is 2. The summed E-state index contributed by atoms with van der Waals surface area (Å²) in [6.45, 7) is 2.28. The summed E-state index contributed by atoms with van der Waals surface area (Å²) in [5.41, 5.74) is 0.181. The fourth-order valence-electron chi connectivity index (χ4n) is 4.30. The standard InChI is InChI=1S/C24H28N2O6/c27-22(25-11-3-1-4-12-25)18(9-7-17-8-10-19-20(15-17)32-16-31-19)21(24(29)30)23(28)26-13-5-2-6-14-26/h7-10,15H,1-6,11-14,16H2,(H,29,30)/b9-7?,21-18-. The van der Waals surface area contributed by atoms with Crippen LogP contribution in [0.4, 0.5) is 0 Å². The maximum atomic E-state index is 13.4. The Kier molecular flexibility index (Phi) is 6.78. The third-order valence-electron chi connectivity index (χ3n) is 6.05. The lowest BCUT2D eigenvalue weighted by atomic mass is 10.0. The average molecular weight is 440 g/mol. The summed E-state index contributed by atoms with van der Waals surface area (Å²) in [4.78, 5) is 42.0. The maximum Gasteiger partial charge on any atom is 0.342 e. The van der Waals surface area contributed by atoms with Crippen molar-refractivity contribution in [3.8, 4) is 11.5 Å². The summed E-state index contributed by atoms with van der Waals surface area (Å²) in [5, 5.41) is 9.97. The van der Waals surface area contributed by atoms with Crippen molar-refractivity contribution < 1.29 is 29.0 Å². The van der Waals surface area contributed by atoms with Crippen LogP contribution in [0.5, 0.6) is 11.5 Å². The molecule has 8 heteroatoms. The molecule has 0 aromatic heterocycles. The number of aliphatic carboxylic acids is 1. The largest absolute Gasteiger partial charge is 0.477 e. The van der Waals surface area contributed by atoms with Gasteiger partial charge in [0.05, 0.1) is 5.57 Å². The van der Waals surface area contributed by atoms with E-state index in [1.807, 2.05) is 0 Å². The Morgan fingerprint density at radius 1 is 0.812 bits per heavy atom. The summed E-state index contributed by atoms with van der Waals surface area (Å²) in [6, 6.07) is 5.31. The number of piperidine rings is 2. The lowest BCUT2D eigenvalue weighted by Crippen LogP contribution is -2.41. The van der Waals surface area contributed by atoms with Crippen molar-refractivity contribution in [1.82, 2.24) is 9.80 Å². The van der Waals surface area contributed by atoms with Crippen molar-refractivity contribution in [3.63, 3.8) is 0 Å². The van der Waals surface area contributed by atoms with Crippen LogP contribution in [0.1, 0.15) is 44.1 Å². The molecule has 0 bridgehead atoms. The fraction of sp³-hybridized carbons (Fsp3) is 0.458. The molecule has 0 saturated carbocycles. The Hall–Kier alpha value is -3.29. The first-order valence-electron chi connectivity index (χ1n) is 11.2. The van der Waals surface area contributed by atoms with Gasteiger partial charge in [0.15, 0.2) is 11.5 Å². The van der Waals surface area contributed by atoms with E-state index in [1.54, 1.807) is 34.1 Å². The molecule has 1 N–H and O–H groups in total. The molecule has 0 atom stereocenters. The van der Waals surface area contributed by atoms with Crippen LogP contribution in [0, 0.1) is 0 Å². The molecule has 0 aliphatic carbocycles. The van der Waals surface area contributed by atoms with Gasteiger partial charge in [-0.05, 0) is 62.3 Å². The molecule has 3 heterocycles. The molecule has 0 spiro atoms. The van der Waals surface area contributed by atoms with E-state index in [0.717, 1.165) is 38.5 Å². The van der Waals surface area contributed by atoms with Crippen LogP contribution in [0.15, 0.2) is 35.4 Å². The third-order valence-corrected chi connectivity index (χ3v) is 6.05. The molecule has 8 nitrogen and oxygen atoms in total. The molecule has 3 aliphatic heterocycles. The monoisotopic (exact) mass is 440 g/mol. The van der Waals surface area contributed by atoms with E-state index in [1.165, 1.54) is 6.08 Å². The van der Waals surface area contributed by atoms with E-state index in [-0.39, 0.29) is 12.4 Å². The summed E-state index contributed by atoms with van der Waals surface area (Å²) < 4.78 is 10.7. The number of rotatable bonds is 5. The number of benzene rings is 1. The number of ether oxygens (including phenoxy) is 2. The highest BCUT2D eigenvalue weighted by molar-refractivity contribution is 6.22. The number of amides is 2. The van der Waals surface area contributed by atoms with Gasteiger partial charge in [-0.25, -0.2) is 4.79 Å². The van der Waals surface area contributed by atoms with Gasteiger partial charge in [-0.3, -0.25) is 9.59 Å². The van der Waals surface area contributed by atoms with Gasteiger partial charge in [0.1, 0.15) is 5.57 Å². The second kappa shape index (κ2) is 9.89. The van der Waals surface area contributed by atoms with Gasteiger partial charge in [0.25, 0.3) is 11.8 Å². The van der Waals surface area contributed by atoms with Crippen molar-refractivity contribution in [2.24, 2.45) is 0 Å². The second-order valence-electron chi connectivity index (χ2n) is 8.25. The number of likely N-dealkylation sites (tertiary alicyclic amines) is 2. The zero-order chi connectivity index (χ0) is 22.5. The Morgan fingerprint density at radius 3 is 2.03 bits per heavy atom. The van der Waals surface area contributed by atoms with Crippen LogP contribution in [0.25, 0.3) is 6.08 Å². The van der Waals surface area contributed by atoms with Crippen LogP contribution in [-0.4, -0.2) is 65.7 Å². The van der Waals surface area contributed by atoms with Gasteiger partial charge >= 0.3 is 5.97 Å². The predicted molar refractivity (Wildman–Crippen MR) is 117 cm³/mol. The number of hydrogen-bond donors (Lipinski definition) is 1. The second-order valence-corrected chi connectivity index (χ2v) is 8.25. The lowest BCUT2D eigenvalue weighted by molar-refractivity contribution is -0.139. The first-order chi connectivity index (χ1) is 15.5. The van der Waals surface area contributed by atoms with Crippen LogP contribution >= 0.6 is 0 Å². The van der Waals surface area contributed by atoms with Crippen molar-refractivity contribution in [2.45, 2.75) is 38.5 Å². The van der Waals surface area contributed by atoms with E-state index >= 15 is 0 Å². The summed E-state index contributed by atoms with van der Waals surface area (Å²) >= 11 is 0. The maximum absolute atomic E-state index is 13.4. The Bertz CT molecular complexity index is 955. The molecule has 3 aliphatic rings. The topological polar surface area (TPSA) is 96.4 Å². The minimum absolute atomic E-state index is 0.0763. The fourth-order valence-corrected chi connectivity index (χ4v) is 4.30. The number of fused-ring (bicyclic) bond motifs is 1. The van der Waals surface area contributed by atoms with Crippen LogP contribution in [-0.2, 0) is 14.4 Å². The molecule has 32 heavy (non-hydrogen) atoms. The average Bonchev–Trinajstić information content (AvgIpc) is 3.30. The molecule has 170 valence electrons. The summed E-state index contributed by atoms with van der Waals surface area (Å²) in [7, 11) is 0. The highest BCUT2D eigenvalue weighted by Gasteiger charge is 2.32. The Labute approximate surface area is 187 Å². The molecule has 1 aromatic carbocycles. The van der Waals surface area contributed by atoms with Gasteiger partial charge < -0.3 is 24.4 Å². The zero-order valence-corrected chi connectivity index (χ0v) is 18.0. The number of carboxylic acid groups (broad SMARTS) is 1. The van der Waals surface area contributed by atoms with Gasteiger partial charge in [0, 0.05) is 26.2 Å². The van der Waals surface area contributed by atoms with Crippen molar-refractivity contribution in [2.75, 3.05) is 33.0 Å².